The Labute approximate surface area is 181 Å². The van der Waals surface area contributed by atoms with Crippen LogP contribution in [0.4, 0.5) is 0 Å². The van der Waals surface area contributed by atoms with E-state index in [9.17, 15) is 15.0 Å². The number of aryl methyl sites for hydroxylation is 1. The van der Waals surface area contributed by atoms with Crippen LogP contribution in [0.25, 0.3) is 11.3 Å². The lowest BCUT2D eigenvalue weighted by atomic mass is 9.94. The van der Waals surface area contributed by atoms with Gasteiger partial charge < -0.3 is 20.6 Å². The van der Waals surface area contributed by atoms with E-state index >= 15 is 0 Å². The molecule has 1 atom stereocenters. The van der Waals surface area contributed by atoms with Crippen molar-refractivity contribution in [2.75, 3.05) is 13.2 Å². The molecule has 7 nitrogen and oxygen atoms in total. The van der Waals surface area contributed by atoms with E-state index in [1.165, 1.54) is 0 Å². The number of nitrogens with one attached hydrogen (secondary N) is 1. The lowest BCUT2D eigenvalue weighted by Gasteiger charge is -2.27. The molecule has 8 heteroatoms. The van der Waals surface area contributed by atoms with Gasteiger partial charge in [-0.3, -0.25) is 9.48 Å². The molecule has 0 unspecified atom stereocenters. The summed E-state index contributed by atoms with van der Waals surface area (Å²) in [6.07, 6.45) is 4.60. The zero-order valence-electron chi connectivity index (χ0n) is 17.3. The highest BCUT2D eigenvalue weighted by molar-refractivity contribution is 6.34. The maximum Gasteiger partial charge on any atom is 0.252 e. The number of amides is 1. The molecule has 164 valence electrons. The molecule has 1 aromatic carbocycles. The molecule has 30 heavy (non-hydrogen) atoms. The minimum atomic E-state index is -0.932. The first kappa shape index (κ1) is 22.7. The van der Waals surface area contributed by atoms with E-state index in [2.05, 4.69) is 10.4 Å². The number of carbonyl (C=O) groups excluding carboxylic acids is 1. The molecule has 0 bridgehead atoms. The summed E-state index contributed by atoms with van der Waals surface area (Å²) in [5.74, 6) is -0.335. The summed E-state index contributed by atoms with van der Waals surface area (Å²) in [5.41, 5.74) is 1.65. The Balaban J connectivity index is 1.79. The first-order valence-corrected chi connectivity index (χ1v) is 10.8. The summed E-state index contributed by atoms with van der Waals surface area (Å²) < 4.78 is 1.61. The Hall–Kier alpha value is -1.93. The second kappa shape index (κ2) is 9.92. The van der Waals surface area contributed by atoms with Gasteiger partial charge in [0.05, 0.1) is 46.8 Å². The van der Waals surface area contributed by atoms with Crippen molar-refractivity contribution < 1.29 is 20.1 Å². The third-order valence-electron chi connectivity index (χ3n) is 5.62. The molecular formula is C22H30ClN3O4. The van der Waals surface area contributed by atoms with Crippen molar-refractivity contribution in [2.45, 2.75) is 63.7 Å². The molecule has 3 rings (SSSR count). The maximum absolute atomic E-state index is 12.8. The number of carbonyl (C=O) groups is 1. The number of rotatable bonds is 7. The van der Waals surface area contributed by atoms with Gasteiger partial charge >= 0.3 is 0 Å². The summed E-state index contributed by atoms with van der Waals surface area (Å²) in [6.45, 7) is 1.81. The SMILES string of the molecule is Cc1cc(-c2ccc(Cl)c(C(=O)NCC3(O)CCCCCC3)c2)n(C[C@@H](O)CO)n1. The van der Waals surface area contributed by atoms with Gasteiger partial charge in [0.15, 0.2) is 0 Å². The predicted molar refractivity (Wildman–Crippen MR) is 115 cm³/mol. The highest BCUT2D eigenvalue weighted by Crippen LogP contribution is 2.28. The fourth-order valence-corrected chi connectivity index (χ4v) is 4.14. The third-order valence-corrected chi connectivity index (χ3v) is 5.95. The molecule has 0 spiro atoms. The molecule has 4 N–H and O–H groups in total. The number of aliphatic hydroxyl groups is 3. The van der Waals surface area contributed by atoms with Crippen LogP contribution in [0, 0.1) is 6.92 Å². The molecule has 1 amide bonds. The van der Waals surface area contributed by atoms with Crippen molar-refractivity contribution in [1.29, 1.82) is 0 Å². The van der Waals surface area contributed by atoms with Gasteiger partial charge in [-0.2, -0.15) is 5.10 Å². The zero-order chi connectivity index (χ0) is 21.7. The minimum Gasteiger partial charge on any atom is -0.394 e. The molecular weight excluding hydrogens is 406 g/mol. The summed E-state index contributed by atoms with van der Waals surface area (Å²) >= 11 is 6.29. The van der Waals surface area contributed by atoms with E-state index in [0.717, 1.165) is 36.9 Å². The smallest absolute Gasteiger partial charge is 0.252 e. The van der Waals surface area contributed by atoms with Gasteiger partial charge in [0.2, 0.25) is 0 Å². The van der Waals surface area contributed by atoms with Crippen LogP contribution in [-0.4, -0.2) is 55.9 Å². The fourth-order valence-electron chi connectivity index (χ4n) is 3.94. The van der Waals surface area contributed by atoms with E-state index < -0.39 is 11.7 Å². The Bertz CT molecular complexity index is 875. The molecule has 1 aliphatic rings. The van der Waals surface area contributed by atoms with Crippen LogP contribution >= 0.6 is 11.6 Å². The molecule has 1 fully saturated rings. The average Bonchev–Trinajstić information content (AvgIpc) is 2.94. The van der Waals surface area contributed by atoms with Gasteiger partial charge in [-0.15, -0.1) is 0 Å². The minimum absolute atomic E-state index is 0.136. The van der Waals surface area contributed by atoms with Crippen LogP contribution in [0.5, 0.6) is 0 Å². The number of aliphatic hydroxyl groups excluding tert-OH is 2. The van der Waals surface area contributed by atoms with E-state index in [4.69, 9.17) is 16.7 Å². The topological polar surface area (TPSA) is 108 Å². The van der Waals surface area contributed by atoms with Crippen molar-refractivity contribution in [3.05, 3.63) is 40.5 Å². The third kappa shape index (κ3) is 5.60. The van der Waals surface area contributed by atoms with Crippen molar-refractivity contribution in [2.24, 2.45) is 0 Å². The molecule has 1 saturated carbocycles. The maximum atomic E-state index is 12.8. The quantitative estimate of drug-likeness (QED) is 0.500. The highest BCUT2D eigenvalue weighted by Gasteiger charge is 2.29. The molecule has 0 radical (unpaired) electrons. The monoisotopic (exact) mass is 435 g/mol. The Morgan fingerprint density at radius 3 is 2.63 bits per heavy atom. The van der Waals surface area contributed by atoms with Gasteiger partial charge in [-0.05, 0) is 38.0 Å². The van der Waals surface area contributed by atoms with Gasteiger partial charge in [0.1, 0.15) is 0 Å². The molecule has 1 aliphatic carbocycles. The number of halogens is 1. The van der Waals surface area contributed by atoms with E-state index in [1.54, 1.807) is 22.9 Å². The van der Waals surface area contributed by atoms with E-state index in [1.807, 2.05) is 13.0 Å². The second-order valence-corrected chi connectivity index (χ2v) is 8.61. The van der Waals surface area contributed by atoms with Crippen LogP contribution in [-0.2, 0) is 6.54 Å². The summed E-state index contributed by atoms with van der Waals surface area (Å²) in [5, 5.41) is 37.3. The van der Waals surface area contributed by atoms with Crippen molar-refractivity contribution >= 4 is 17.5 Å². The Morgan fingerprint density at radius 2 is 1.97 bits per heavy atom. The van der Waals surface area contributed by atoms with Crippen LogP contribution in [0.2, 0.25) is 5.02 Å². The van der Waals surface area contributed by atoms with E-state index in [0.29, 0.717) is 29.1 Å². The van der Waals surface area contributed by atoms with Gasteiger partial charge in [0.25, 0.3) is 5.91 Å². The van der Waals surface area contributed by atoms with E-state index in [-0.39, 0.29) is 25.6 Å². The molecule has 1 aromatic heterocycles. The molecule has 0 aliphatic heterocycles. The average molecular weight is 436 g/mol. The zero-order valence-corrected chi connectivity index (χ0v) is 18.0. The molecule has 1 heterocycles. The molecule has 2 aromatic rings. The van der Waals surface area contributed by atoms with Gasteiger partial charge in [0, 0.05) is 12.1 Å². The lowest BCUT2D eigenvalue weighted by Crippen LogP contribution is -2.42. The summed E-state index contributed by atoms with van der Waals surface area (Å²) in [6, 6.07) is 6.98. The van der Waals surface area contributed by atoms with Gasteiger partial charge in [-0.25, -0.2) is 0 Å². The number of hydrogen-bond donors (Lipinski definition) is 4. The van der Waals surface area contributed by atoms with Crippen molar-refractivity contribution in [1.82, 2.24) is 15.1 Å². The van der Waals surface area contributed by atoms with Crippen LogP contribution < -0.4 is 5.32 Å². The standard InChI is InChI=1S/C22H30ClN3O4/c1-15-10-20(26(25-15)12-17(28)13-27)16-6-7-19(23)18(11-16)21(29)24-14-22(30)8-4-2-3-5-9-22/h6-7,10-11,17,27-28,30H,2-5,8-9,12-14H2,1H3,(H,24,29)/t17-/m1/s1. The van der Waals surface area contributed by atoms with Crippen LogP contribution in [0.1, 0.15) is 54.6 Å². The first-order valence-electron chi connectivity index (χ1n) is 10.5. The van der Waals surface area contributed by atoms with Crippen LogP contribution in [0.3, 0.4) is 0 Å². The Morgan fingerprint density at radius 1 is 1.27 bits per heavy atom. The summed E-state index contributed by atoms with van der Waals surface area (Å²) in [7, 11) is 0. The summed E-state index contributed by atoms with van der Waals surface area (Å²) in [4.78, 5) is 12.8. The highest BCUT2D eigenvalue weighted by atomic mass is 35.5. The normalized spacial score (nSPS) is 17.4. The fraction of sp³-hybridized carbons (Fsp3) is 0.545. The number of hydrogen-bond acceptors (Lipinski definition) is 5. The lowest BCUT2D eigenvalue weighted by molar-refractivity contribution is 0.0246. The molecule has 0 saturated heterocycles. The largest absolute Gasteiger partial charge is 0.394 e. The second-order valence-electron chi connectivity index (χ2n) is 8.21. The number of benzene rings is 1. The van der Waals surface area contributed by atoms with Crippen LogP contribution in [0.15, 0.2) is 24.3 Å². The number of nitrogens with zero attached hydrogens (tertiary/aromatic N) is 2. The number of aromatic nitrogens is 2. The van der Waals surface area contributed by atoms with Gasteiger partial charge in [-0.1, -0.05) is 43.4 Å². The van der Waals surface area contributed by atoms with Crippen molar-refractivity contribution in [3.63, 3.8) is 0 Å². The first-order chi connectivity index (χ1) is 14.3. The van der Waals surface area contributed by atoms with Crippen molar-refractivity contribution in [3.8, 4) is 11.3 Å². The predicted octanol–water partition coefficient (Wildman–Crippen LogP) is 2.68. The Kier molecular flexibility index (Phi) is 7.52.